The molecule has 0 radical (unpaired) electrons. The van der Waals surface area contributed by atoms with Gasteiger partial charge in [-0.05, 0) is 65.5 Å². The van der Waals surface area contributed by atoms with Gasteiger partial charge < -0.3 is 9.97 Å². The van der Waals surface area contributed by atoms with Crippen molar-refractivity contribution in [2.75, 3.05) is 0 Å². The fourth-order valence-electron chi connectivity index (χ4n) is 4.20. The Bertz CT molecular complexity index is 1070. The highest BCUT2D eigenvalue weighted by Gasteiger charge is 2.21. The highest BCUT2D eigenvalue weighted by molar-refractivity contribution is 5.84. The summed E-state index contributed by atoms with van der Waals surface area (Å²) < 4.78 is 0. The van der Waals surface area contributed by atoms with Crippen LogP contribution in [-0.4, -0.2) is 15.0 Å². The monoisotopic (exact) mass is 359 g/mol. The van der Waals surface area contributed by atoms with Gasteiger partial charge in [0.1, 0.15) is 0 Å². The number of aromatic amines is 2. The molecule has 0 aliphatic heterocycles. The SMILES string of the molecule is CC(C)Cc1ccc2c(CC(C)(C)Cc3ccc4nc[nH]c4c3)c[nH]c2c1. The van der Waals surface area contributed by atoms with Crippen molar-refractivity contribution < 1.29 is 0 Å². The van der Waals surface area contributed by atoms with Crippen LogP contribution in [0.1, 0.15) is 44.4 Å². The summed E-state index contributed by atoms with van der Waals surface area (Å²) in [6, 6.07) is 13.5. The van der Waals surface area contributed by atoms with Gasteiger partial charge >= 0.3 is 0 Å². The van der Waals surface area contributed by atoms with E-state index in [4.69, 9.17) is 0 Å². The maximum atomic E-state index is 4.32. The van der Waals surface area contributed by atoms with Gasteiger partial charge in [0.2, 0.25) is 0 Å². The Morgan fingerprint density at radius 3 is 2.52 bits per heavy atom. The zero-order valence-corrected chi connectivity index (χ0v) is 16.8. The Kier molecular flexibility index (Phi) is 4.55. The minimum absolute atomic E-state index is 0.180. The standard InChI is InChI=1S/C24H29N3/c1-16(2)9-17-5-7-20-19(14-25-22(20)10-17)13-24(3,4)12-18-6-8-21-23(11-18)27-15-26-21/h5-8,10-11,14-16,25H,9,12-13H2,1-4H3,(H,26,27). The van der Waals surface area contributed by atoms with Crippen LogP contribution in [-0.2, 0) is 19.3 Å². The third kappa shape index (κ3) is 3.92. The molecular formula is C24H29N3. The van der Waals surface area contributed by atoms with Crippen molar-refractivity contribution in [3.8, 4) is 0 Å². The van der Waals surface area contributed by atoms with Crippen molar-refractivity contribution in [1.29, 1.82) is 0 Å². The predicted molar refractivity (Wildman–Crippen MR) is 114 cm³/mol. The molecule has 0 saturated heterocycles. The molecule has 0 atom stereocenters. The number of fused-ring (bicyclic) bond motifs is 2. The summed E-state index contributed by atoms with van der Waals surface area (Å²) in [4.78, 5) is 11.0. The molecule has 2 aromatic carbocycles. The van der Waals surface area contributed by atoms with E-state index in [0.29, 0.717) is 5.92 Å². The number of nitrogens with zero attached hydrogens (tertiary/aromatic N) is 1. The first kappa shape index (κ1) is 17.8. The van der Waals surface area contributed by atoms with E-state index in [9.17, 15) is 0 Å². The van der Waals surface area contributed by atoms with Gasteiger partial charge in [-0.2, -0.15) is 0 Å². The molecule has 3 heteroatoms. The molecule has 4 rings (SSSR count). The molecule has 140 valence electrons. The fraction of sp³-hybridized carbons (Fsp3) is 0.375. The molecule has 0 fully saturated rings. The van der Waals surface area contributed by atoms with E-state index in [0.717, 1.165) is 30.3 Å². The first-order valence-corrected chi connectivity index (χ1v) is 9.90. The van der Waals surface area contributed by atoms with Gasteiger partial charge in [-0.25, -0.2) is 4.98 Å². The van der Waals surface area contributed by atoms with Gasteiger partial charge in [0, 0.05) is 17.1 Å². The lowest BCUT2D eigenvalue weighted by Crippen LogP contribution is -2.18. The molecule has 0 bridgehead atoms. The summed E-state index contributed by atoms with van der Waals surface area (Å²) in [5, 5.41) is 1.36. The van der Waals surface area contributed by atoms with E-state index < -0.39 is 0 Å². The Hall–Kier alpha value is -2.55. The smallest absolute Gasteiger partial charge is 0.0931 e. The van der Waals surface area contributed by atoms with E-state index >= 15 is 0 Å². The van der Waals surface area contributed by atoms with Crippen molar-refractivity contribution in [3.05, 3.63) is 65.6 Å². The van der Waals surface area contributed by atoms with Gasteiger partial charge in [0.25, 0.3) is 0 Å². The van der Waals surface area contributed by atoms with E-state index in [1.54, 1.807) is 6.33 Å². The average molecular weight is 360 g/mol. The van der Waals surface area contributed by atoms with Crippen molar-refractivity contribution in [3.63, 3.8) is 0 Å². The molecule has 0 aliphatic carbocycles. The highest BCUT2D eigenvalue weighted by Crippen LogP contribution is 2.31. The Morgan fingerprint density at radius 1 is 0.926 bits per heavy atom. The van der Waals surface area contributed by atoms with Crippen molar-refractivity contribution in [2.24, 2.45) is 11.3 Å². The summed E-state index contributed by atoms with van der Waals surface area (Å²) in [6.45, 7) is 9.26. The van der Waals surface area contributed by atoms with Crippen LogP contribution in [0.25, 0.3) is 21.9 Å². The average Bonchev–Trinajstić information content (AvgIpc) is 3.20. The zero-order valence-electron chi connectivity index (χ0n) is 16.8. The second-order valence-electron chi connectivity index (χ2n) is 9.06. The van der Waals surface area contributed by atoms with Gasteiger partial charge in [0.15, 0.2) is 0 Å². The molecule has 27 heavy (non-hydrogen) atoms. The quantitative estimate of drug-likeness (QED) is 0.432. The summed E-state index contributed by atoms with van der Waals surface area (Å²) in [5.41, 5.74) is 7.78. The molecule has 0 aliphatic rings. The van der Waals surface area contributed by atoms with Crippen LogP contribution in [0.3, 0.4) is 0 Å². The molecule has 0 unspecified atom stereocenters. The molecule has 2 heterocycles. The molecule has 2 aromatic heterocycles. The highest BCUT2D eigenvalue weighted by atomic mass is 14.9. The van der Waals surface area contributed by atoms with Gasteiger partial charge in [0.05, 0.1) is 17.4 Å². The van der Waals surface area contributed by atoms with Crippen molar-refractivity contribution in [2.45, 2.75) is 47.0 Å². The summed E-state index contributed by atoms with van der Waals surface area (Å²) in [5.74, 6) is 0.683. The molecule has 2 N–H and O–H groups in total. The van der Waals surface area contributed by atoms with E-state index in [1.165, 1.54) is 27.6 Å². The van der Waals surface area contributed by atoms with Crippen LogP contribution in [0.4, 0.5) is 0 Å². The number of H-pyrrole nitrogens is 2. The third-order valence-corrected chi connectivity index (χ3v) is 5.31. The number of hydrogen-bond donors (Lipinski definition) is 2. The molecular weight excluding hydrogens is 330 g/mol. The lowest BCUT2D eigenvalue weighted by atomic mass is 9.80. The second-order valence-corrected chi connectivity index (χ2v) is 9.06. The first-order valence-electron chi connectivity index (χ1n) is 9.90. The lowest BCUT2D eigenvalue weighted by molar-refractivity contribution is 0.362. The summed E-state index contributed by atoms with van der Waals surface area (Å²) in [6.07, 6.45) is 7.19. The third-order valence-electron chi connectivity index (χ3n) is 5.31. The van der Waals surface area contributed by atoms with E-state index in [1.807, 2.05) is 0 Å². The molecule has 0 spiro atoms. The number of rotatable bonds is 6. The van der Waals surface area contributed by atoms with Gasteiger partial charge in [-0.3, -0.25) is 0 Å². The number of benzene rings is 2. The number of imidazole rings is 1. The lowest BCUT2D eigenvalue weighted by Gasteiger charge is -2.24. The van der Waals surface area contributed by atoms with Crippen LogP contribution in [0.5, 0.6) is 0 Å². The minimum Gasteiger partial charge on any atom is -0.361 e. The van der Waals surface area contributed by atoms with Gasteiger partial charge in [-0.1, -0.05) is 45.9 Å². The topological polar surface area (TPSA) is 44.5 Å². The second kappa shape index (κ2) is 6.88. The maximum Gasteiger partial charge on any atom is 0.0931 e. The Morgan fingerprint density at radius 2 is 1.70 bits per heavy atom. The zero-order chi connectivity index (χ0) is 19.0. The number of aromatic nitrogens is 3. The van der Waals surface area contributed by atoms with Crippen LogP contribution < -0.4 is 0 Å². The van der Waals surface area contributed by atoms with Crippen LogP contribution in [0, 0.1) is 11.3 Å². The summed E-state index contributed by atoms with van der Waals surface area (Å²) in [7, 11) is 0. The number of hydrogen-bond acceptors (Lipinski definition) is 1. The van der Waals surface area contributed by atoms with Crippen molar-refractivity contribution >= 4 is 21.9 Å². The van der Waals surface area contributed by atoms with Crippen molar-refractivity contribution in [1.82, 2.24) is 15.0 Å². The largest absolute Gasteiger partial charge is 0.361 e. The van der Waals surface area contributed by atoms with Gasteiger partial charge in [-0.15, -0.1) is 0 Å². The predicted octanol–water partition coefficient (Wildman–Crippen LogP) is 6.05. The maximum absolute atomic E-state index is 4.32. The Labute approximate surface area is 161 Å². The minimum atomic E-state index is 0.180. The van der Waals surface area contributed by atoms with E-state index in [2.05, 4.69) is 85.2 Å². The molecule has 4 aromatic rings. The first-order chi connectivity index (χ1) is 12.9. The van der Waals surface area contributed by atoms with Crippen LogP contribution in [0.15, 0.2) is 48.9 Å². The Balaban J connectivity index is 1.54. The number of nitrogens with one attached hydrogen (secondary N) is 2. The molecule has 0 saturated carbocycles. The van der Waals surface area contributed by atoms with Crippen LogP contribution >= 0.6 is 0 Å². The fourth-order valence-corrected chi connectivity index (χ4v) is 4.20. The molecule has 3 nitrogen and oxygen atoms in total. The summed E-state index contributed by atoms with van der Waals surface area (Å²) >= 11 is 0. The van der Waals surface area contributed by atoms with Crippen LogP contribution in [0.2, 0.25) is 0 Å². The normalized spacial score (nSPS) is 12.5. The van der Waals surface area contributed by atoms with E-state index in [-0.39, 0.29) is 5.41 Å². The molecule has 0 amide bonds.